The first-order valence-corrected chi connectivity index (χ1v) is 15.2. The molecular formula is C31H38F3N5O9. The first-order valence-electron chi connectivity index (χ1n) is 15.2. The van der Waals surface area contributed by atoms with E-state index >= 15 is 0 Å². The molecule has 48 heavy (non-hydrogen) atoms. The van der Waals surface area contributed by atoms with Crippen LogP contribution in [0, 0.1) is 5.92 Å². The van der Waals surface area contributed by atoms with Crippen LogP contribution in [-0.4, -0.2) is 78.2 Å². The number of nitrogens with zero attached hydrogens (tertiary/aromatic N) is 1. The molecule has 5 amide bonds. The zero-order chi connectivity index (χ0) is 35.9. The van der Waals surface area contributed by atoms with Crippen molar-refractivity contribution in [2.45, 2.75) is 83.7 Å². The molecule has 0 radical (unpaired) electrons. The van der Waals surface area contributed by atoms with Crippen LogP contribution in [0.25, 0.3) is 11.0 Å². The van der Waals surface area contributed by atoms with E-state index in [1.165, 1.54) is 31.9 Å². The highest BCUT2D eigenvalue weighted by Gasteiger charge is 2.39. The first kappa shape index (κ1) is 37.5. The first-order chi connectivity index (χ1) is 22.4. The number of methoxy groups -OCH3 is 1. The van der Waals surface area contributed by atoms with E-state index in [4.69, 9.17) is 4.42 Å². The predicted octanol–water partition coefficient (Wildman–Crippen LogP) is 1.84. The minimum Gasteiger partial charge on any atom is -0.469 e. The van der Waals surface area contributed by atoms with E-state index in [1.54, 1.807) is 13.8 Å². The van der Waals surface area contributed by atoms with Gasteiger partial charge in [-0.05, 0) is 44.7 Å². The van der Waals surface area contributed by atoms with Gasteiger partial charge in [-0.25, -0.2) is 4.79 Å². The van der Waals surface area contributed by atoms with Crippen LogP contribution in [0.15, 0.2) is 33.5 Å². The molecule has 2 heterocycles. The number of ether oxygens (including phenoxy) is 1. The summed E-state index contributed by atoms with van der Waals surface area (Å²) in [4.78, 5) is 88.8. The number of benzene rings is 1. The minimum atomic E-state index is -4.81. The van der Waals surface area contributed by atoms with E-state index in [0.29, 0.717) is 12.5 Å². The molecule has 2 aromatic rings. The average Bonchev–Trinajstić information content (AvgIpc) is 3.50. The van der Waals surface area contributed by atoms with E-state index in [1.807, 2.05) is 0 Å². The number of nitrogens with one attached hydrogen (secondary N) is 4. The van der Waals surface area contributed by atoms with Crippen LogP contribution in [0.2, 0.25) is 0 Å². The van der Waals surface area contributed by atoms with Crippen molar-refractivity contribution in [2.75, 3.05) is 19.0 Å². The molecule has 0 spiro atoms. The summed E-state index contributed by atoms with van der Waals surface area (Å²) >= 11 is 0. The van der Waals surface area contributed by atoms with Crippen molar-refractivity contribution in [3.05, 3.63) is 40.2 Å². The molecule has 4 N–H and O–H groups in total. The third-order valence-electron chi connectivity index (χ3n) is 7.69. The number of carbonyl (C=O) groups excluding carboxylic acids is 6. The number of anilines is 1. The summed E-state index contributed by atoms with van der Waals surface area (Å²) in [5.74, 6) is -4.17. The number of fused-ring (bicyclic) bond motifs is 1. The maximum absolute atomic E-state index is 13.4. The van der Waals surface area contributed by atoms with Gasteiger partial charge in [0, 0.05) is 36.2 Å². The monoisotopic (exact) mass is 681 g/mol. The van der Waals surface area contributed by atoms with Gasteiger partial charge in [-0.1, -0.05) is 13.8 Å². The van der Waals surface area contributed by atoms with E-state index in [0.717, 1.165) is 12.1 Å². The molecule has 1 aliphatic heterocycles. The number of hydrogen-bond acceptors (Lipinski definition) is 9. The largest absolute Gasteiger partial charge is 0.469 e. The molecular weight excluding hydrogens is 643 g/mol. The van der Waals surface area contributed by atoms with Crippen molar-refractivity contribution >= 4 is 52.2 Å². The van der Waals surface area contributed by atoms with Gasteiger partial charge >= 0.3 is 17.8 Å². The predicted molar refractivity (Wildman–Crippen MR) is 164 cm³/mol. The summed E-state index contributed by atoms with van der Waals surface area (Å²) < 4.78 is 49.6. The normalized spacial score (nSPS) is 16.5. The molecule has 1 fully saturated rings. The summed E-state index contributed by atoms with van der Waals surface area (Å²) in [5.41, 5.74) is -2.78. The van der Waals surface area contributed by atoms with Gasteiger partial charge < -0.3 is 35.3 Å². The maximum atomic E-state index is 13.4. The van der Waals surface area contributed by atoms with Gasteiger partial charge in [0.05, 0.1) is 19.1 Å². The molecule has 14 nitrogen and oxygen atoms in total. The summed E-state index contributed by atoms with van der Waals surface area (Å²) in [6.45, 7) is 6.35. The molecule has 0 bridgehead atoms. The Hall–Kier alpha value is -4.96. The van der Waals surface area contributed by atoms with Crippen LogP contribution in [0.5, 0.6) is 0 Å². The second kappa shape index (κ2) is 15.8. The van der Waals surface area contributed by atoms with Crippen LogP contribution >= 0.6 is 0 Å². The second-order valence-electron chi connectivity index (χ2n) is 11.7. The van der Waals surface area contributed by atoms with E-state index in [9.17, 15) is 46.7 Å². The number of likely N-dealkylation sites (tertiary alicyclic amines) is 1. The summed E-state index contributed by atoms with van der Waals surface area (Å²) in [6, 6.07) is -0.511. The van der Waals surface area contributed by atoms with Crippen LogP contribution in [0.3, 0.4) is 0 Å². The Morgan fingerprint density at radius 2 is 1.65 bits per heavy atom. The van der Waals surface area contributed by atoms with E-state index in [-0.39, 0.29) is 36.9 Å². The minimum absolute atomic E-state index is 0.0194. The molecule has 262 valence electrons. The van der Waals surface area contributed by atoms with Gasteiger partial charge in [0.15, 0.2) is 0 Å². The molecule has 1 aromatic heterocycles. The summed E-state index contributed by atoms with van der Waals surface area (Å²) in [5, 5.41) is 9.73. The Labute approximate surface area is 273 Å². The molecule has 1 aliphatic rings. The van der Waals surface area contributed by atoms with Crippen LogP contribution in [0.4, 0.5) is 18.9 Å². The molecule has 3 rings (SSSR count). The molecule has 1 saturated heterocycles. The van der Waals surface area contributed by atoms with Gasteiger partial charge in [-0.2, -0.15) is 13.2 Å². The Balaban J connectivity index is 1.64. The Morgan fingerprint density at radius 3 is 2.27 bits per heavy atom. The molecule has 4 unspecified atom stereocenters. The number of esters is 1. The fourth-order valence-electron chi connectivity index (χ4n) is 5.13. The zero-order valence-electron chi connectivity index (χ0n) is 27.0. The highest BCUT2D eigenvalue weighted by molar-refractivity contribution is 6.00. The van der Waals surface area contributed by atoms with Crippen LogP contribution in [-0.2, 0) is 39.7 Å². The van der Waals surface area contributed by atoms with Crippen molar-refractivity contribution < 1.29 is 51.1 Å². The second-order valence-corrected chi connectivity index (χ2v) is 11.7. The Morgan fingerprint density at radius 1 is 0.958 bits per heavy atom. The smallest absolute Gasteiger partial charge is 0.417 e. The van der Waals surface area contributed by atoms with Gasteiger partial charge in [0.25, 0.3) is 0 Å². The summed E-state index contributed by atoms with van der Waals surface area (Å²) in [6.07, 6.45) is -4.42. The Kier molecular flexibility index (Phi) is 12.3. The molecule has 0 aliphatic carbocycles. The lowest BCUT2D eigenvalue weighted by Gasteiger charge is -2.30. The highest BCUT2D eigenvalue weighted by atomic mass is 19.4. The van der Waals surface area contributed by atoms with Gasteiger partial charge in [0.2, 0.25) is 29.5 Å². The van der Waals surface area contributed by atoms with E-state index < -0.39 is 88.5 Å². The molecule has 1 aromatic carbocycles. The SMILES string of the molecule is COC(=O)CCC(=O)NC(C)C(=O)NC(C)C(=O)N1CCCC1C(=O)NC(C(=O)Nc1ccc2c(C(F)(F)F)cc(=O)oc2c1)C(C)C. The van der Waals surface area contributed by atoms with Crippen molar-refractivity contribution in [3.63, 3.8) is 0 Å². The van der Waals surface area contributed by atoms with Gasteiger partial charge in [-0.15, -0.1) is 0 Å². The molecule has 17 heteroatoms. The number of alkyl halides is 3. The third-order valence-corrected chi connectivity index (χ3v) is 7.69. The highest BCUT2D eigenvalue weighted by Crippen LogP contribution is 2.34. The average molecular weight is 682 g/mol. The Bertz CT molecular complexity index is 1620. The lowest BCUT2D eigenvalue weighted by Crippen LogP contribution is -2.57. The zero-order valence-corrected chi connectivity index (χ0v) is 27.0. The number of rotatable bonds is 12. The third kappa shape index (κ3) is 9.54. The number of halogens is 3. The lowest BCUT2D eigenvalue weighted by atomic mass is 10.0. The number of carbonyl (C=O) groups is 6. The summed E-state index contributed by atoms with van der Waals surface area (Å²) in [7, 11) is 1.18. The molecule has 4 atom stereocenters. The van der Waals surface area contributed by atoms with Gasteiger partial charge in [0.1, 0.15) is 29.8 Å². The van der Waals surface area contributed by atoms with Crippen LogP contribution in [0.1, 0.15) is 58.9 Å². The topological polar surface area (TPSA) is 193 Å². The van der Waals surface area contributed by atoms with Gasteiger partial charge in [-0.3, -0.25) is 28.8 Å². The van der Waals surface area contributed by atoms with Crippen LogP contribution < -0.4 is 26.9 Å². The number of amides is 5. The van der Waals surface area contributed by atoms with E-state index in [2.05, 4.69) is 26.0 Å². The maximum Gasteiger partial charge on any atom is 0.417 e. The quantitative estimate of drug-likeness (QED) is 0.191. The van der Waals surface area contributed by atoms with Crippen molar-refractivity contribution in [3.8, 4) is 0 Å². The lowest BCUT2D eigenvalue weighted by molar-refractivity contribution is -0.142. The standard InChI is InChI=1S/C31H38F3N5O9/c1-15(2)26(29(45)37-18-8-9-19-20(31(32,33)34)14-25(42)48-22(19)13-18)38-28(44)21-7-6-12-39(21)30(46)17(4)36-27(43)16(3)35-23(40)10-11-24(41)47-5/h8-9,13-17,21,26H,6-7,10-12H2,1-5H3,(H,35,40)(H,36,43)(H,37,45)(H,38,44). The van der Waals surface area contributed by atoms with Crippen molar-refractivity contribution in [2.24, 2.45) is 5.92 Å². The molecule has 0 saturated carbocycles. The van der Waals surface area contributed by atoms with Crippen molar-refractivity contribution in [1.82, 2.24) is 20.9 Å². The fourth-order valence-corrected chi connectivity index (χ4v) is 5.13. The van der Waals surface area contributed by atoms with Crippen molar-refractivity contribution in [1.29, 1.82) is 0 Å². The fraction of sp³-hybridized carbons (Fsp3) is 0.516. The number of hydrogen-bond donors (Lipinski definition) is 4.